The highest BCUT2D eigenvalue weighted by molar-refractivity contribution is 7.97. The molecule has 0 unspecified atom stereocenters. The number of aryl methyl sites for hydroxylation is 1. The molecule has 0 radical (unpaired) electrons. The predicted molar refractivity (Wildman–Crippen MR) is 154 cm³/mol. The molecule has 38 heavy (non-hydrogen) atoms. The first-order valence-electron chi connectivity index (χ1n) is 11.8. The van der Waals surface area contributed by atoms with Gasteiger partial charge in [-0.2, -0.15) is 0 Å². The Morgan fingerprint density at radius 1 is 1.05 bits per heavy atom. The van der Waals surface area contributed by atoms with Crippen LogP contribution in [0.25, 0.3) is 12.2 Å². The molecule has 3 aromatic rings. The molecule has 2 aromatic carbocycles. The lowest BCUT2D eigenvalue weighted by Crippen LogP contribution is -2.24. The van der Waals surface area contributed by atoms with Gasteiger partial charge in [0.1, 0.15) is 10.8 Å². The van der Waals surface area contributed by atoms with Gasteiger partial charge in [0.2, 0.25) is 0 Å². The fraction of sp³-hybridized carbons (Fsp3) is 0.250. The van der Waals surface area contributed by atoms with Gasteiger partial charge in [-0.25, -0.2) is 0 Å². The first-order valence-corrected chi connectivity index (χ1v) is 13.6. The van der Waals surface area contributed by atoms with Crippen LogP contribution in [0.4, 0.5) is 0 Å². The van der Waals surface area contributed by atoms with E-state index in [0.717, 1.165) is 16.9 Å². The number of hydrogen-bond donors (Lipinski definition) is 1. The number of hydrogen-bond acceptors (Lipinski definition) is 6. The molecule has 0 fully saturated rings. The zero-order valence-electron chi connectivity index (χ0n) is 21.0. The van der Waals surface area contributed by atoms with Gasteiger partial charge >= 0.3 is 5.97 Å². The minimum Gasteiger partial charge on any atom is -0.497 e. The van der Waals surface area contributed by atoms with Crippen LogP contribution in [0.15, 0.2) is 59.4 Å². The number of rotatable bonds is 12. The number of amides is 1. The molecule has 0 aliphatic heterocycles. The summed E-state index contributed by atoms with van der Waals surface area (Å²) in [5, 5.41) is 0.414. The van der Waals surface area contributed by atoms with E-state index in [2.05, 4.69) is 4.72 Å². The van der Waals surface area contributed by atoms with Gasteiger partial charge in [-0.15, -0.1) is 0 Å². The normalized spacial score (nSPS) is 10.9. The molecule has 0 aliphatic rings. The van der Waals surface area contributed by atoms with Crippen LogP contribution >= 0.6 is 35.1 Å². The van der Waals surface area contributed by atoms with E-state index in [1.165, 1.54) is 24.9 Å². The summed E-state index contributed by atoms with van der Waals surface area (Å²) in [5.74, 6) is 0.824. The van der Waals surface area contributed by atoms with Crippen molar-refractivity contribution in [3.8, 4) is 5.75 Å². The molecule has 0 saturated heterocycles. The fourth-order valence-electron chi connectivity index (χ4n) is 3.51. The molecule has 7 nitrogen and oxygen atoms in total. The van der Waals surface area contributed by atoms with Gasteiger partial charge in [0.15, 0.2) is 0 Å². The molecule has 10 heteroatoms. The molecule has 0 atom stereocenters. The van der Waals surface area contributed by atoms with Crippen LogP contribution in [0.1, 0.15) is 40.5 Å². The lowest BCUT2D eigenvalue weighted by molar-refractivity contribution is -0.140. The Hall–Kier alpha value is -3.20. The zero-order chi connectivity index (χ0) is 27.5. The monoisotopic (exact) mass is 574 g/mol. The molecule has 1 heterocycles. The van der Waals surface area contributed by atoms with Gasteiger partial charge in [-0.1, -0.05) is 65.5 Å². The third-order valence-electron chi connectivity index (χ3n) is 5.47. The second kappa shape index (κ2) is 14.7. The highest BCUT2D eigenvalue weighted by Crippen LogP contribution is 2.22. The van der Waals surface area contributed by atoms with Crippen molar-refractivity contribution in [3.63, 3.8) is 0 Å². The Bertz CT molecular complexity index is 1360. The summed E-state index contributed by atoms with van der Waals surface area (Å²) in [4.78, 5) is 36.0. The van der Waals surface area contributed by atoms with Gasteiger partial charge in [-0.05, 0) is 60.4 Å². The molecule has 3 rings (SSSR count). The number of ether oxygens (including phenoxy) is 2. The number of nitrogens with one attached hydrogen (secondary N) is 1. The third-order valence-corrected chi connectivity index (χ3v) is 6.86. The minimum atomic E-state index is -0.330. The van der Waals surface area contributed by atoms with Crippen molar-refractivity contribution in [1.82, 2.24) is 9.29 Å². The van der Waals surface area contributed by atoms with Gasteiger partial charge in [0, 0.05) is 24.8 Å². The summed E-state index contributed by atoms with van der Waals surface area (Å²) >= 11 is 13.9. The summed E-state index contributed by atoms with van der Waals surface area (Å²) in [7, 11) is 1.60. The standard InChI is InChI=1S/C28H28Cl2N2O5S/c1-19(33)37-15-4-16-38-31-27(34)22-10-7-20(8-11-22)13-14-32-26(24(29)18-25(30)28(32)35)12-9-21-5-3-6-23(17-21)36-2/h3,5-12,17-18H,4,13-16H2,1-2H3,(H,31,34)/b12-9+. The van der Waals surface area contributed by atoms with Crippen LogP contribution in [-0.2, 0) is 22.5 Å². The van der Waals surface area contributed by atoms with E-state index < -0.39 is 0 Å². The molecule has 0 aliphatic carbocycles. The van der Waals surface area contributed by atoms with E-state index in [9.17, 15) is 14.4 Å². The van der Waals surface area contributed by atoms with E-state index in [0.29, 0.717) is 48.0 Å². The second-order valence-electron chi connectivity index (χ2n) is 8.21. The average molecular weight is 576 g/mol. The maximum absolute atomic E-state index is 12.9. The van der Waals surface area contributed by atoms with Crippen LogP contribution < -0.4 is 15.0 Å². The first kappa shape index (κ1) is 29.4. The Morgan fingerprint density at radius 3 is 2.53 bits per heavy atom. The molecule has 1 N–H and O–H groups in total. The largest absolute Gasteiger partial charge is 0.497 e. The molecule has 0 spiro atoms. The van der Waals surface area contributed by atoms with Crippen LogP contribution in [0.5, 0.6) is 5.75 Å². The van der Waals surface area contributed by atoms with Crippen LogP contribution in [0.2, 0.25) is 10.0 Å². The molecular weight excluding hydrogens is 547 g/mol. The van der Waals surface area contributed by atoms with Gasteiger partial charge in [0.05, 0.1) is 24.4 Å². The molecular formula is C28H28Cl2N2O5S. The average Bonchev–Trinajstić information content (AvgIpc) is 2.91. The van der Waals surface area contributed by atoms with Crippen molar-refractivity contribution in [1.29, 1.82) is 0 Å². The Labute approximate surface area is 235 Å². The van der Waals surface area contributed by atoms with Crippen LogP contribution in [0.3, 0.4) is 0 Å². The highest BCUT2D eigenvalue weighted by atomic mass is 35.5. The molecule has 1 aromatic heterocycles. The molecule has 200 valence electrons. The fourth-order valence-corrected chi connectivity index (χ4v) is 4.67. The number of halogens is 2. The lowest BCUT2D eigenvalue weighted by atomic mass is 10.1. The third kappa shape index (κ3) is 8.68. The van der Waals surface area contributed by atoms with E-state index in [1.807, 2.05) is 42.5 Å². The smallest absolute Gasteiger partial charge is 0.302 e. The number of carbonyl (C=O) groups excluding carboxylic acids is 2. The summed E-state index contributed by atoms with van der Waals surface area (Å²) in [5.41, 5.74) is 2.58. The van der Waals surface area contributed by atoms with Crippen molar-refractivity contribution in [3.05, 3.63) is 97.4 Å². The number of methoxy groups -OCH3 is 1. The van der Waals surface area contributed by atoms with Crippen molar-refractivity contribution in [2.24, 2.45) is 0 Å². The topological polar surface area (TPSA) is 86.6 Å². The number of pyridine rings is 1. The quantitative estimate of drug-likeness (QED) is 0.164. The number of nitrogens with zero attached hydrogens (tertiary/aromatic N) is 1. The van der Waals surface area contributed by atoms with Gasteiger partial charge < -0.3 is 14.0 Å². The van der Waals surface area contributed by atoms with Crippen molar-refractivity contribution in [2.45, 2.75) is 26.3 Å². The lowest BCUT2D eigenvalue weighted by Gasteiger charge is -2.13. The Morgan fingerprint density at radius 2 is 1.82 bits per heavy atom. The number of aromatic nitrogens is 1. The molecule has 1 amide bonds. The number of benzene rings is 2. The second-order valence-corrected chi connectivity index (χ2v) is 9.93. The SMILES string of the molecule is COc1cccc(/C=C/c2c(Cl)cc(Cl)c(=O)n2CCc2ccc(C(=O)NSCCCOC(C)=O)cc2)c1. The molecule has 0 bridgehead atoms. The Kier molecular flexibility index (Phi) is 11.3. The first-order chi connectivity index (χ1) is 18.3. The van der Waals surface area contributed by atoms with E-state index in [-0.39, 0.29) is 22.5 Å². The van der Waals surface area contributed by atoms with Gasteiger partial charge in [0.25, 0.3) is 11.5 Å². The van der Waals surface area contributed by atoms with E-state index in [1.54, 1.807) is 29.9 Å². The highest BCUT2D eigenvalue weighted by Gasteiger charge is 2.12. The Balaban J connectivity index is 1.64. The predicted octanol–water partition coefficient (Wildman–Crippen LogP) is 5.91. The summed E-state index contributed by atoms with van der Waals surface area (Å²) in [6.45, 7) is 2.04. The summed E-state index contributed by atoms with van der Waals surface area (Å²) < 4.78 is 14.5. The van der Waals surface area contributed by atoms with Gasteiger partial charge in [-0.3, -0.25) is 19.1 Å². The zero-order valence-corrected chi connectivity index (χ0v) is 23.4. The van der Waals surface area contributed by atoms with E-state index in [4.69, 9.17) is 32.7 Å². The van der Waals surface area contributed by atoms with Crippen molar-refractivity contribution >= 4 is 59.2 Å². The number of esters is 1. The van der Waals surface area contributed by atoms with E-state index >= 15 is 0 Å². The van der Waals surface area contributed by atoms with Crippen molar-refractivity contribution < 1.29 is 19.1 Å². The van der Waals surface area contributed by atoms with Crippen LogP contribution in [0, 0.1) is 0 Å². The number of carbonyl (C=O) groups is 2. The van der Waals surface area contributed by atoms with Crippen LogP contribution in [-0.4, -0.2) is 35.9 Å². The maximum atomic E-state index is 12.9. The maximum Gasteiger partial charge on any atom is 0.302 e. The summed E-state index contributed by atoms with van der Waals surface area (Å²) in [6.07, 6.45) is 4.82. The minimum absolute atomic E-state index is 0.0471. The molecule has 0 saturated carbocycles. The van der Waals surface area contributed by atoms with Crippen molar-refractivity contribution in [2.75, 3.05) is 19.5 Å². The summed E-state index contributed by atoms with van der Waals surface area (Å²) in [6, 6.07) is 16.2.